The van der Waals surface area contributed by atoms with E-state index in [0.29, 0.717) is 10.6 Å². The lowest BCUT2D eigenvalue weighted by Crippen LogP contribution is -2.11. The topological polar surface area (TPSA) is 17.8 Å². The summed E-state index contributed by atoms with van der Waals surface area (Å²) in [6, 6.07) is 4.57. The van der Waals surface area contributed by atoms with Gasteiger partial charge in [-0.25, -0.2) is 0 Å². The van der Waals surface area contributed by atoms with E-state index >= 15 is 0 Å². The molecule has 0 spiro atoms. The van der Waals surface area contributed by atoms with Crippen molar-refractivity contribution in [2.45, 2.75) is 6.18 Å². The fraction of sp³-hybridized carbons (Fsp3) is 0.222. The first-order valence-electron chi connectivity index (χ1n) is 4.25. The summed E-state index contributed by atoms with van der Waals surface area (Å²) in [6.07, 6.45) is -4.37. The predicted octanol–water partition coefficient (Wildman–Crippen LogP) is 3.93. The van der Waals surface area contributed by atoms with Gasteiger partial charge in [-0.1, -0.05) is 0 Å². The summed E-state index contributed by atoms with van der Waals surface area (Å²) >= 11 is 4.60. The zero-order valence-corrected chi connectivity index (χ0v) is 10.4. The van der Waals surface area contributed by atoms with Gasteiger partial charge in [0.15, 0.2) is 0 Å². The van der Waals surface area contributed by atoms with E-state index in [1.54, 1.807) is 12.1 Å². The molecule has 0 fully saturated rings. The number of halogens is 4. The minimum absolute atomic E-state index is 0.338. The van der Waals surface area contributed by atoms with Crippen molar-refractivity contribution >= 4 is 27.3 Å². The Hall–Kier alpha value is -0.820. The lowest BCUT2D eigenvalue weighted by Gasteiger charge is -2.04. The number of rotatable bonds is 1. The molecule has 2 nitrogen and oxygen atoms in total. The van der Waals surface area contributed by atoms with Crippen LogP contribution in [0.4, 0.5) is 13.2 Å². The molecule has 0 amide bonds. The molecule has 86 valence electrons. The Kier molecular flexibility index (Phi) is 2.83. The van der Waals surface area contributed by atoms with Crippen LogP contribution in [0.25, 0.3) is 10.6 Å². The van der Waals surface area contributed by atoms with E-state index in [1.807, 2.05) is 0 Å². The average Bonchev–Trinajstić information content (AvgIpc) is 2.70. The highest BCUT2D eigenvalue weighted by Gasteiger charge is 2.35. The van der Waals surface area contributed by atoms with E-state index in [-0.39, 0.29) is 0 Å². The molecule has 0 saturated carbocycles. The smallest absolute Gasteiger partial charge is 0.263 e. The molecule has 7 heteroatoms. The van der Waals surface area contributed by atoms with Gasteiger partial charge >= 0.3 is 6.18 Å². The highest BCUT2D eigenvalue weighted by molar-refractivity contribution is 9.11. The molecule has 0 unspecified atom stereocenters. The normalized spacial score (nSPS) is 12.1. The summed E-state index contributed by atoms with van der Waals surface area (Å²) < 4.78 is 39.3. The van der Waals surface area contributed by atoms with E-state index in [9.17, 15) is 13.2 Å². The Balaban J connectivity index is 2.46. The lowest BCUT2D eigenvalue weighted by atomic mass is 10.3. The second-order valence-corrected chi connectivity index (χ2v) is 5.60. The molecule has 0 saturated heterocycles. The van der Waals surface area contributed by atoms with Crippen molar-refractivity contribution in [1.29, 1.82) is 0 Å². The number of aryl methyl sites for hydroxylation is 1. The number of alkyl halides is 3. The molecule has 0 aromatic carbocycles. The van der Waals surface area contributed by atoms with Crippen molar-refractivity contribution < 1.29 is 13.2 Å². The van der Waals surface area contributed by atoms with E-state index in [1.165, 1.54) is 18.4 Å². The van der Waals surface area contributed by atoms with Crippen LogP contribution in [-0.4, -0.2) is 9.78 Å². The molecule has 0 N–H and O–H groups in total. The van der Waals surface area contributed by atoms with Crippen LogP contribution in [0.5, 0.6) is 0 Å². The Morgan fingerprint density at radius 2 is 2.06 bits per heavy atom. The van der Waals surface area contributed by atoms with Crippen molar-refractivity contribution in [3.63, 3.8) is 0 Å². The molecule has 2 rings (SSSR count). The molecule has 0 aliphatic heterocycles. The standard InChI is InChI=1S/C9H6BrF3N2S/c1-15-7(9(11,12)13)4-5(14-15)6-2-3-8(10)16-6/h2-4H,1H3. The van der Waals surface area contributed by atoms with Crippen LogP contribution in [0, 0.1) is 0 Å². The number of hydrogen-bond acceptors (Lipinski definition) is 2. The summed E-state index contributed by atoms with van der Waals surface area (Å²) in [5.74, 6) is 0. The van der Waals surface area contributed by atoms with Crippen LogP contribution in [0.1, 0.15) is 5.69 Å². The third-order valence-electron chi connectivity index (χ3n) is 2.00. The summed E-state index contributed by atoms with van der Waals surface area (Å²) in [5.41, 5.74) is -0.405. The van der Waals surface area contributed by atoms with E-state index in [0.717, 1.165) is 14.5 Å². The predicted molar refractivity (Wildman–Crippen MR) is 59.2 cm³/mol. The molecule has 0 atom stereocenters. The fourth-order valence-corrected chi connectivity index (χ4v) is 2.65. The molecule has 2 heterocycles. The highest BCUT2D eigenvalue weighted by atomic mass is 79.9. The van der Waals surface area contributed by atoms with Crippen LogP contribution >= 0.6 is 27.3 Å². The zero-order valence-electron chi connectivity index (χ0n) is 8.05. The van der Waals surface area contributed by atoms with Gasteiger partial charge < -0.3 is 0 Å². The molecule has 0 radical (unpaired) electrons. The van der Waals surface area contributed by atoms with E-state index in [4.69, 9.17) is 0 Å². The molecule has 2 aromatic heterocycles. The molecular weight excluding hydrogens is 305 g/mol. The molecular formula is C9H6BrF3N2S. The van der Waals surface area contributed by atoms with Gasteiger partial charge in [-0.3, -0.25) is 4.68 Å². The maximum atomic E-state index is 12.5. The SMILES string of the molecule is Cn1nc(-c2ccc(Br)s2)cc1C(F)(F)F. The largest absolute Gasteiger partial charge is 0.433 e. The first-order chi connectivity index (χ1) is 7.38. The van der Waals surface area contributed by atoms with Crippen molar-refractivity contribution in [1.82, 2.24) is 9.78 Å². The molecule has 0 aliphatic carbocycles. The van der Waals surface area contributed by atoms with Gasteiger partial charge in [0.2, 0.25) is 0 Å². The van der Waals surface area contributed by atoms with Crippen molar-refractivity contribution in [2.75, 3.05) is 0 Å². The molecule has 0 bridgehead atoms. The molecule has 0 aliphatic rings. The lowest BCUT2D eigenvalue weighted by molar-refractivity contribution is -0.143. The van der Waals surface area contributed by atoms with Crippen LogP contribution in [0.2, 0.25) is 0 Å². The van der Waals surface area contributed by atoms with Crippen LogP contribution < -0.4 is 0 Å². The minimum Gasteiger partial charge on any atom is -0.263 e. The van der Waals surface area contributed by atoms with Gasteiger partial charge in [0.25, 0.3) is 0 Å². The van der Waals surface area contributed by atoms with Crippen LogP contribution in [0.3, 0.4) is 0 Å². The summed E-state index contributed by atoms with van der Waals surface area (Å²) in [6.45, 7) is 0. The van der Waals surface area contributed by atoms with Gasteiger partial charge in [-0.2, -0.15) is 18.3 Å². The van der Waals surface area contributed by atoms with Gasteiger partial charge in [0.05, 0.1) is 8.66 Å². The van der Waals surface area contributed by atoms with Crippen molar-refractivity contribution in [3.8, 4) is 10.6 Å². The zero-order chi connectivity index (χ0) is 11.9. The Labute approximate surface area is 102 Å². The Morgan fingerprint density at radius 1 is 1.38 bits per heavy atom. The number of aromatic nitrogens is 2. The van der Waals surface area contributed by atoms with Crippen molar-refractivity contribution in [2.24, 2.45) is 7.05 Å². The first-order valence-corrected chi connectivity index (χ1v) is 5.86. The summed E-state index contributed by atoms with van der Waals surface area (Å²) in [4.78, 5) is 0.706. The maximum absolute atomic E-state index is 12.5. The Bertz CT molecular complexity index is 515. The van der Waals surface area contributed by atoms with Crippen molar-refractivity contribution in [3.05, 3.63) is 27.7 Å². The maximum Gasteiger partial charge on any atom is 0.433 e. The van der Waals surface area contributed by atoms with Gasteiger partial charge in [-0.05, 0) is 34.1 Å². The molecule has 2 aromatic rings. The Morgan fingerprint density at radius 3 is 2.50 bits per heavy atom. The van der Waals surface area contributed by atoms with E-state index in [2.05, 4.69) is 21.0 Å². The second-order valence-electron chi connectivity index (χ2n) is 3.14. The summed E-state index contributed by atoms with van der Waals surface area (Å²) in [5, 5.41) is 3.85. The third kappa shape index (κ3) is 2.15. The number of nitrogens with zero attached hydrogens (tertiary/aromatic N) is 2. The van der Waals surface area contributed by atoms with Gasteiger partial charge in [0, 0.05) is 7.05 Å². The third-order valence-corrected chi connectivity index (χ3v) is 3.64. The van der Waals surface area contributed by atoms with E-state index < -0.39 is 11.9 Å². The van der Waals surface area contributed by atoms with Gasteiger partial charge in [-0.15, -0.1) is 11.3 Å². The van der Waals surface area contributed by atoms with Crippen LogP contribution in [0.15, 0.2) is 22.0 Å². The first kappa shape index (κ1) is 11.7. The van der Waals surface area contributed by atoms with Crippen LogP contribution in [-0.2, 0) is 13.2 Å². The summed E-state index contributed by atoms with van der Waals surface area (Å²) in [7, 11) is 1.29. The second kappa shape index (κ2) is 3.89. The van der Waals surface area contributed by atoms with Gasteiger partial charge in [0.1, 0.15) is 11.4 Å². The monoisotopic (exact) mass is 310 g/mol. The highest BCUT2D eigenvalue weighted by Crippen LogP contribution is 2.35. The quantitative estimate of drug-likeness (QED) is 0.780. The average molecular weight is 311 g/mol. The molecule has 16 heavy (non-hydrogen) atoms. The number of thiophene rings is 1. The number of hydrogen-bond donors (Lipinski definition) is 0. The minimum atomic E-state index is -4.37. The fourth-order valence-electron chi connectivity index (χ4n) is 1.30.